The Labute approximate surface area is 174 Å². The number of methoxy groups -OCH3 is 1. The highest BCUT2D eigenvalue weighted by Gasteiger charge is 2.37. The van der Waals surface area contributed by atoms with E-state index in [-0.39, 0.29) is 17.8 Å². The molecule has 0 saturated heterocycles. The monoisotopic (exact) mass is 428 g/mol. The van der Waals surface area contributed by atoms with Crippen LogP contribution in [0, 0.1) is 0 Å². The first-order valence-corrected chi connectivity index (χ1v) is 9.10. The van der Waals surface area contributed by atoms with Gasteiger partial charge < -0.3 is 14.4 Å². The number of aromatic nitrogens is 1. The van der Waals surface area contributed by atoms with E-state index in [0.717, 1.165) is 28.8 Å². The van der Waals surface area contributed by atoms with Crippen LogP contribution in [0.3, 0.4) is 0 Å². The minimum atomic E-state index is -4.89. The smallest absolute Gasteiger partial charge is 0.481 e. The molecule has 0 unspecified atom stereocenters. The van der Waals surface area contributed by atoms with Crippen molar-refractivity contribution in [3.63, 3.8) is 0 Å². The molecule has 0 spiro atoms. The molecule has 3 aromatic rings. The molecule has 158 valence electrons. The number of ketones is 1. The molecule has 0 radical (unpaired) electrons. The molecule has 2 heterocycles. The lowest BCUT2D eigenvalue weighted by atomic mass is 10.1. The SMILES string of the molecule is COc1ccc(-c2ccc(CN3C(=O)C(=O)c4cc(OC(F)(F)F)ccc43)cc2)cn1. The first-order valence-electron chi connectivity index (χ1n) is 9.10. The number of fused-ring (bicyclic) bond motifs is 1. The van der Waals surface area contributed by atoms with Gasteiger partial charge in [-0.1, -0.05) is 24.3 Å². The summed E-state index contributed by atoms with van der Waals surface area (Å²) in [5.41, 5.74) is 2.65. The number of Topliss-reactive ketones (excluding diaryl/α,β-unsaturated/α-hetero) is 1. The van der Waals surface area contributed by atoms with Crippen LogP contribution in [-0.4, -0.2) is 30.1 Å². The van der Waals surface area contributed by atoms with Gasteiger partial charge in [-0.15, -0.1) is 13.2 Å². The van der Waals surface area contributed by atoms with Crippen LogP contribution in [-0.2, 0) is 11.3 Å². The maximum atomic E-state index is 12.4. The van der Waals surface area contributed by atoms with E-state index < -0.39 is 23.8 Å². The molecule has 0 aliphatic carbocycles. The fourth-order valence-electron chi connectivity index (χ4n) is 3.29. The van der Waals surface area contributed by atoms with Crippen molar-refractivity contribution < 1.29 is 32.2 Å². The Kier molecular flexibility index (Phi) is 5.10. The Hall–Kier alpha value is -3.88. The van der Waals surface area contributed by atoms with Crippen molar-refractivity contribution in [2.24, 2.45) is 0 Å². The van der Waals surface area contributed by atoms with Gasteiger partial charge in [-0.2, -0.15) is 0 Å². The number of halogens is 3. The molecular formula is C22H15F3N2O4. The number of pyridine rings is 1. The number of ether oxygens (including phenoxy) is 2. The number of anilines is 1. The summed E-state index contributed by atoms with van der Waals surface area (Å²) in [7, 11) is 1.53. The quantitative estimate of drug-likeness (QED) is 0.564. The van der Waals surface area contributed by atoms with Crippen LogP contribution in [0.4, 0.5) is 18.9 Å². The number of amides is 1. The number of rotatable bonds is 5. The van der Waals surface area contributed by atoms with E-state index in [1.807, 2.05) is 18.2 Å². The van der Waals surface area contributed by atoms with Gasteiger partial charge in [0.1, 0.15) is 5.75 Å². The third kappa shape index (κ3) is 4.20. The van der Waals surface area contributed by atoms with Crippen LogP contribution in [0.15, 0.2) is 60.8 Å². The highest BCUT2D eigenvalue weighted by atomic mass is 19.4. The molecule has 0 N–H and O–H groups in total. The molecule has 0 bridgehead atoms. The summed E-state index contributed by atoms with van der Waals surface area (Å²) in [5, 5.41) is 0. The maximum absolute atomic E-state index is 12.4. The Morgan fingerprint density at radius 2 is 1.68 bits per heavy atom. The van der Waals surface area contributed by atoms with Crippen LogP contribution < -0.4 is 14.4 Å². The Morgan fingerprint density at radius 1 is 0.968 bits per heavy atom. The van der Waals surface area contributed by atoms with Gasteiger partial charge in [0.15, 0.2) is 0 Å². The number of benzene rings is 2. The van der Waals surface area contributed by atoms with Crippen molar-refractivity contribution in [3.8, 4) is 22.8 Å². The van der Waals surface area contributed by atoms with Gasteiger partial charge in [-0.25, -0.2) is 4.98 Å². The fraction of sp³-hybridized carbons (Fsp3) is 0.136. The molecule has 2 aromatic carbocycles. The molecule has 0 fully saturated rings. The van der Waals surface area contributed by atoms with Crippen molar-refractivity contribution in [1.29, 1.82) is 0 Å². The second-order valence-electron chi connectivity index (χ2n) is 6.73. The molecule has 1 aromatic heterocycles. The summed E-state index contributed by atoms with van der Waals surface area (Å²) in [6.07, 6.45) is -3.21. The Bertz CT molecular complexity index is 1140. The van der Waals surface area contributed by atoms with Crippen molar-refractivity contribution in [2.45, 2.75) is 12.9 Å². The van der Waals surface area contributed by atoms with Crippen LogP contribution >= 0.6 is 0 Å². The van der Waals surface area contributed by atoms with Crippen LogP contribution in [0.1, 0.15) is 15.9 Å². The normalized spacial score (nSPS) is 13.4. The van der Waals surface area contributed by atoms with Gasteiger partial charge >= 0.3 is 6.36 Å². The number of hydrogen-bond acceptors (Lipinski definition) is 5. The van der Waals surface area contributed by atoms with Crippen molar-refractivity contribution in [3.05, 3.63) is 71.9 Å². The summed E-state index contributed by atoms with van der Waals surface area (Å²) in [6, 6.07) is 14.2. The molecule has 6 nitrogen and oxygen atoms in total. The van der Waals surface area contributed by atoms with Crippen molar-refractivity contribution in [1.82, 2.24) is 4.98 Å². The number of carbonyl (C=O) groups excluding carboxylic acids is 2. The summed E-state index contributed by atoms with van der Waals surface area (Å²) < 4.78 is 46.2. The molecule has 9 heteroatoms. The van der Waals surface area contributed by atoms with Gasteiger partial charge in [0.25, 0.3) is 11.7 Å². The minimum Gasteiger partial charge on any atom is -0.481 e. The van der Waals surface area contributed by atoms with Gasteiger partial charge in [-0.05, 0) is 35.4 Å². The lowest BCUT2D eigenvalue weighted by Crippen LogP contribution is -2.29. The zero-order valence-electron chi connectivity index (χ0n) is 16.1. The van der Waals surface area contributed by atoms with Crippen molar-refractivity contribution >= 4 is 17.4 Å². The van der Waals surface area contributed by atoms with E-state index in [1.54, 1.807) is 24.4 Å². The summed E-state index contributed by atoms with van der Waals surface area (Å²) >= 11 is 0. The third-order valence-electron chi connectivity index (χ3n) is 4.75. The van der Waals surface area contributed by atoms with Crippen LogP contribution in [0.2, 0.25) is 0 Å². The van der Waals surface area contributed by atoms with Gasteiger partial charge in [0.05, 0.1) is 24.9 Å². The molecule has 0 atom stereocenters. The molecule has 1 aliphatic heterocycles. The molecule has 1 amide bonds. The molecule has 31 heavy (non-hydrogen) atoms. The van der Waals surface area contributed by atoms with Crippen LogP contribution in [0.25, 0.3) is 11.1 Å². The average molecular weight is 428 g/mol. The largest absolute Gasteiger partial charge is 0.573 e. The second-order valence-corrected chi connectivity index (χ2v) is 6.73. The molecule has 0 saturated carbocycles. The zero-order valence-corrected chi connectivity index (χ0v) is 16.1. The predicted octanol–water partition coefficient (Wildman–Crippen LogP) is 4.39. The predicted molar refractivity (Wildman–Crippen MR) is 105 cm³/mol. The summed E-state index contributed by atoms with van der Waals surface area (Å²) in [6.45, 7) is 0.0954. The maximum Gasteiger partial charge on any atom is 0.573 e. The molecular weight excluding hydrogens is 413 g/mol. The first-order chi connectivity index (χ1) is 14.7. The van der Waals surface area contributed by atoms with E-state index in [1.165, 1.54) is 18.1 Å². The highest BCUT2D eigenvalue weighted by Crippen LogP contribution is 2.35. The Morgan fingerprint density at radius 3 is 2.29 bits per heavy atom. The number of alkyl halides is 3. The summed E-state index contributed by atoms with van der Waals surface area (Å²) in [5.74, 6) is -1.72. The molecule has 1 aliphatic rings. The molecule has 4 rings (SSSR count). The Balaban J connectivity index is 1.54. The van der Waals surface area contributed by atoms with E-state index in [9.17, 15) is 22.8 Å². The van der Waals surface area contributed by atoms with Gasteiger partial charge in [-0.3, -0.25) is 9.59 Å². The number of nitrogens with zero attached hydrogens (tertiary/aromatic N) is 2. The average Bonchev–Trinajstić information content (AvgIpc) is 2.98. The van der Waals surface area contributed by atoms with E-state index in [2.05, 4.69) is 9.72 Å². The first kappa shape index (κ1) is 20.4. The minimum absolute atomic E-state index is 0.0954. The zero-order chi connectivity index (χ0) is 22.2. The van der Waals surface area contributed by atoms with Crippen LogP contribution in [0.5, 0.6) is 11.6 Å². The summed E-state index contributed by atoms with van der Waals surface area (Å²) in [4.78, 5) is 30.1. The number of carbonyl (C=O) groups is 2. The van der Waals surface area contributed by atoms with Crippen molar-refractivity contribution in [2.75, 3.05) is 12.0 Å². The van der Waals surface area contributed by atoms with E-state index >= 15 is 0 Å². The van der Waals surface area contributed by atoms with Gasteiger partial charge in [0.2, 0.25) is 5.88 Å². The lowest BCUT2D eigenvalue weighted by molar-refractivity contribution is -0.274. The standard InChI is InChI=1S/C22H15F3N2O4/c1-30-19-9-6-15(11-26-19)14-4-2-13(3-5-14)12-27-18-8-7-16(31-22(23,24)25)10-17(18)20(28)21(27)29/h2-11H,12H2,1H3. The topological polar surface area (TPSA) is 68.7 Å². The highest BCUT2D eigenvalue weighted by molar-refractivity contribution is 6.52. The number of hydrogen-bond donors (Lipinski definition) is 0. The fourth-order valence-corrected chi connectivity index (χ4v) is 3.29. The van der Waals surface area contributed by atoms with Gasteiger partial charge in [0, 0.05) is 17.8 Å². The van der Waals surface area contributed by atoms with E-state index in [4.69, 9.17) is 4.74 Å². The second kappa shape index (κ2) is 7.75. The lowest BCUT2D eigenvalue weighted by Gasteiger charge is -2.17. The third-order valence-corrected chi connectivity index (χ3v) is 4.75. The van der Waals surface area contributed by atoms with E-state index in [0.29, 0.717) is 5.88 Å².